The Hall–Kier alpha value is -1.37. The monoisotopic (exact) mass is 323 g/mol. The van der Waals surface area contributed by atoms with Gasteiger partial charge >= 0.3 is 0 Å². The number of halogens is 1. The first kappa shape index (κ1) is 16.0. The molecule has 0 amide bonds. The molecule has 0 fully saturated rings. The van der Waals surface area contributed by atoms with E-state index in [0.717, 1.165) is 41.0 Å². The molecule has 1 aromatic heterocycles. The summed E-state index contributed by atoms with van der Waals surface area (Å²) >= 11 is 7.51. The molecule has 21 heavy (non-hydrogen) atoms. The third-order valence-corrected chi connectivity index (χ3v) is 4.10. The van der Waals surface area contributed by atoms with Crippen molar-refractivity contribution in [2.75, 3.05) is 18.8 Å². The molecule has 1 N–H and O–H groups in total. The molecule has 0 aliphatic heterocycles. The van der Waals surface area contributed by atoms with Crippen LogP contribution in [0.2, 0.25) is 5.02 Å². The Labute approximate surface area is 133 Å². The van der Waals surface area contributed by atoms with Crippen LogP contribution in [0, 0.1) is 0 Å². The first-order chi connectivity index (χ1) is 10.3. The smallest absolute Gasteiger partial charge is 0.209 e. The van der Waals surface area contributed by atoms with E-state index in [1.807, 2.05) is 31.3 Å². The van der Waals surface area contributed by atoms with Gasteiger partial charge in [-0.1, -0.05) is 47.6 Å². The molecular weight excluding hydrogens is 306 g/mol. The van der Waals surface area contributed by atoms with Crippen LogP contribution < -0.4 is 5.32 Å². The van der Waals surface area contributed by atoms with Crippen LogP contribution >= 0.6 is 23.4 Å². The summed E-state index contributed by atoms with van der Waals surface area (Å²) < 4.78 is 1.69. The fourth-order valence-corrected chi connectivity index (χ4v) is 2.57. The quantitative estimate of drug-likeness (QED) is 0.598. The second-order valence-corrected chi connectivity index (χ2v) is 5.94. The summed E-state index contributed by atoms with van der Waals surface area (Å²) in [5.41, 5.74) is 1.16. The fraction of sp³-hybridized carbons (Fsp3) is 0.357. The van der Waals surface area contributed by atoms with E-state index in [9.17, 15) is 0 Å². The van der Waals surface area contributed by atoms with Gasteiger partial charge in [0.1, 0.15) is 0 Å². The van der Waals surface area contributed by atoms with Crippen LogP contribution in [0.1, 0.15) is 12.0 Å². The van der Waals surface area contributed by atoms with E-state index in [2.05, 4.69) is 33.0 Å². The van der Waals surface area contributed by atoms with E-state index in [0.29, 0.717) is 0 Å². The van der Waals surface area contributed by atoms with Crippen molar-refractivity contribution in [1.29, 1.82) is 0 Å². The number of aryl methyl sites for hydroxylation is 1. The average molecular weight is 324 g/mol. The zero-order chi connectivity index (χ0) is 14.9. The normalized spacial score (nSPS) is 11.3. The van der Waals surface area contributed by atoms with Gasteiger partial charge in [0.2, 0.25) is 5.16 Å². The van der Waals surface area contributed by atoms with Crippen molar-refractivity contribution in [2.24, 2.45) is 7.05 Å². The molecule has 0 aliphatic carbocycles. The SMILES string of the molecule is Cn1nnnc1SCCCNC/C=C/c1ccc(Cl)cc1. The number of rotatable bonds is 8. The van der Waals surface area contributed by atoms with E-state index >= 15 is 0 Å². The number of benzene rings is 1. The first-order valence-corrected chi connectivity index (χ1v) is 8.10. The Balaban J connectivity index is 1.54. The van der Waals surface area contributed by atoms with Gasteiger partial charge in [-0.05, 0) is 41.1 Å². The summed E-state index contributed by atoms with van der Waals surface area (Å²) in [6, 6.07) is 7.80. The molecule has 112 valence electrons. The molecule has 5 nitrogen and oxygen atoms in total. The molecule has 2 rings (SSSR count). The predicted molar refractivity (Wildman–Crippen MR) is 87.5 cm³/mol. The maximum Gasteiger partial charge on any atom is 0.209 e. The summed E-state index contributed by atoms with van der Waals surface area (Å²) in [7, 11) is 1.85. The van der Waals surface area contributed by atoms with Crippen molar-refractivity contribution < 1.29 is 0 Å². The van der Waals surface area contributed by atoms with Gasteiger partial charge in [0.15, 0.2) is 0 Å². The van der Waals surface area contributed by atoms with Crippen molar-refractivity contribution in [3.8, 4) is 0 Å². The molecule has 0 saturated heterocycles. The number of tetrazole rings is 1. The Kier molecular flexibility index (Phi) is 6.72. The fourth-order valence-electron chi connectivity index (χ4n) is 1.66. The lowest BCUT2D eigenvalue weighted by molar-refractivity contribution is 0.663. The van der Waals surface area contributed by atoms with Crippen molar-refractivity contribution >= 4 is 29.4 Å². The van der Waals surface area contributed by atoms with Crippen LogP contribution in [-0.4, -0.2) is 39.0 Å². The number of nitrogens with zero attached hydrogens (tertiary/aromatic N) is 4. The summed E-state index contributed by atoms with van der Waals surface area (Å²) in [6.07, 6.45) is 5.28. The zero-order valence-electron chi connectivity index (χ0n) is 11.9. The van der Waals surface area contributed by atoms with Crippen molar-refractivity contribution in [3.63, 3.8) is 0 Å². The lowest BCUT2D eigenvalue weighted by Gasteiger charge is -2.01. The standard InChI is InChI=1S/C14H18ClN5S/c1-20-14(17-18-19-20)21-11-3-10-16-9-2-4-12-5-7-13(15)8-6-12/h2,4-8,16H,3,9-11H2,1H3/b4-2+. The molecule has 0 bridgehead atoms. The largest absolute Gasteiger partial charge is 0.313 e. The minimum Gasteiger partial charge on any atom is -0.313 e. The van der Waals surface area contributed by atoms with Gasteiger partial charge in [-0.3, -0.25) is 0 Å². The van der Waals surface area contributed by atoms with Crippen LogP contribution in [0.25, 0.3) is 6.08 Å². The molecule has 1 aromatic carbocycles. The van der Waals surface area contributed by atoms with Crippen LogP contribution in [0.3, 0.4) is 0 Å². The van der Waals surface area contributed by atoms with E-state index < -0.39 is 0 Å². The number of thioether (sulfide) groups is 1. The molecule has 0 unspecified atom stereocenters. The summed E-state index contributed by atoms with van der Waals surface area (Å²) in [4.78, 5) is 0. The maximum absolute atomic E-state index is 5.84. The van der Waals surface area contributed by atoms with Gasteiger partial charge in [0.25, 0.3) is 0 Å². The van der Waals surface area contributed by atoms with Crippen LogP contribution in [-0.2, 0) is 7.05 Å². The second-order valence-electron chi connectivity index (χ2n) is 4.45. The molecule has 0 saturated carbocycles. The molecule has 0 radical (unpaired) electrons. The summed E-state index contributed by atoms with van der Waals surface area (Å²) in [5.74, 6) is 1.00. The van der Waals surface area contributed by atoms with Crippen LogP contribution in [0.15, 0.2) is 35.5 Å². The van der Waals surface area contributed by atoms with Gasteiger partial charge in [-0.25, -0.2) is 4.68 Å². The third kappa shape index (κ3) is 5.87. The van der Waals surface area contributed by atoms with E-state index in [1.165, 1.54) is 0 Å². The third-order valence-electron chi connectivity index (χ3n) is 2.75. The van der Waals surface area contributed by atoms with Crippen molar-refractivity contribution in [2.45, 2.75) is 11.6 Å². The highest BCUT2D eigenvalue weighted by atomic mass is 35.5. The van der Waals surface area contributed by atoms with Gasteiger partial charge in [-0.2, -0.15) is 0 Å². The van der Waals surface area contributed by atoms with Crippen molar-refractivity contribution in [3.05, 3.63) is 40.9 Å². The number of nitrogens with one attached hydrogen (secondary N) is 1. The zero-order valence-corrected chi connectivity index (χ0v) is 13.4. The Morgan fingerprint density at radius 2 is 2.14 bits per heavy atom. The van der Waals surface area contributed by atoms with Crippen molar-refractivity contribution in [1.82, 2.24) is 25.5 Å². The van der Waals surface area contributed by atoms with E-state index in [4.69, 9.17) is 11.6 Å². The van der Waals surface area contributed by atoms with Gasteiger partial charge in [-0.15, -0.1) is 5.10 Å². The lowest BCUT2D eigenvalue weighted by Crippen LogP contribution is -2.15. The van der Waals surface area contributed by atoms with Gasteiger partial charge in [0, 0.05) is 24.4 Å². The molecule has 0 atom stereocenters. The van der Waals surface area contributed by atoms with Gasteiger partial charge in [0.05, 0.1) is 0 Å². The first-order valence-electron chi connectivity index (χ1n) is 6.73. The molecule has 0 aliphatic rings. The molecule has 2 aromatic rings. The van der Waals surface area contributed by atoms with E-state index in [1.54, 1.807) is 16.4 Å². The number of hydrogen-bond acceptors (Lipinski definition) is 5. The topological polar surface area (TPSA) is 55.6 Å². The second kappa shape index (κ2) is 8.81. The molecular formula is C14H18ClN5S. The average Bonchev–Trinajstić information content (AvgIpc) is 2.89. The highest BCUT2D eigenvalue weighted by Gasteiger charge is 2.01. The highest BCUT2D eigenvalue weighted by Crippen LogP contribution is 2.12. The molecule has 0 spiro atoms. The van der Waals surface area contributed by atoms with E-state index in [-0.39, 0.29) is 0 Å². The summed E-state index contributed by atoms with van der Waals surface area (Å²) in [5, 5.41) is 16.3. The molecule has 7 heteroatoms. The van der Waals surface area contributed by atoms with Crippen LogP contribution in [0.5, 0.6) is 0 Å². The molecule has 1 heterocycles. The number of aromatic nitrogens is 4. The lowest BCUT2D eigenvalue weighted by atomic mass is 10.2. The minimum absolute atomic E-state index is 0.765. The summed E-state index contributed by atoms with van der Waals surface area (Å²) in [6.45, 7) is 1.84. The maximum atomic E-state index is 5.84. The van der Waals surface area contributed by atoms with Crippen LogP contribution in [0.4, 0.5) is 0 Å². The Morgan fingerprint density at radius 1 is 1.33 bits per heavy atom. The minimum atomic E-state index is 0.765. The Bertz CT molecular complexity index is 567. The van der Waals surface area contributed by atoms with Gasteiger partial charge < -0.3 is 5.32 Å². The Morgan fingerprint density at radius 3 is 2.86 bits per heavy atom. The predicted octanol–water partition coefficient (Wildman–Crippen LogP) is 2.65. The highest BCUT2D eigenvalue weighted by molar-refractivity contribution is 7.99. The number of hydrogen-bond donors (Lipinski definition) is 1.